The smallest absolute Gasteiger partial charge is 0.251 e. The minimum absolute atomic E-state index is 0.0730. The van der Waals surface area contributed by atoms with Gasteiger partial charge in [-0.05, 0) is 36.8 Å². The molecule has 1 atom stereocenters. The van der Waals surface area contributed by atoms with E-state index in [4.69, 9.17) is 5.26 Å². The summed E-state index contributed by atoms with van der Waals surface area (Å²) in [6.07, 6.45) is 0.300. The topological polar surface area (TPSA) is 76.4 Å². The van der Waals surface area contributed by atoms with Gasteiger partial charge in [-0.2, -0.15) is 5.26 Å². The maximum absolute atomic E-state index is 12.6. The van der Waals surface area contributed by atoms with E-state index < -0.39 is 0 Å². The van der Waals surface area contributed by atoms with Crippen molar-refractivity contribution in [1.82, 2.24) is 15.1 Å². The Morgan fingerprint density at radius 2 is 1.69 bits per heavy atom. The Morgan fingerprint density at radius 1 is 1.03 bits per heavy atom. The number of nitriles is 1. The number of benzene rings is 2. The normalized spacial score (nSPS) is 15.4. The van der Waals surface area contributed by atoms with E-state index in [0.717, 1.165) is 19.6 Å². The largest absolute Gasteiger partial charge is 0.349 e. The van der Waals surface area contributed by atoms with Gasteiger partial charge in [0.05, 0.1) is 11.6 Å². The summed E-state index contributed by atoms with van der Waals surface area (Å²) in [6.45, 7) is 5.69. The van der Waals surface area contributed by atoms with Crippen molar-refractivity contribution in [3.05, 3.63) is 71.3 Å². The second kappa shape index (κ2) is 9.85. The first-order valence-corrected chi connectivity index (χ1v) is 9.90. The van der Waals surface area contributed by atoms with Crippen LogP contribution < -0.4 is 5.32 Å². The molecular formula is C23H26N4O2. The van der Waals surface area contributed by atoms with Crippen LogP contribution in [-0.4, -0.2) is 53.8 Å². The fourth-order valence-electron chi connectivity index (χ4n) is 3.44. The van der Waals surface area contributed by atoms with Gasteiger partial charge in [-0.1, -0.05) is 30.3 Å². The molecule has 0 saturated carbocycles. The van der Waals surface area contributed by atoms with E-state index in [-0.39, 0.29) is 17.9 Å². The number of rotatable bonds is 6. The lowest BCUT2D eigenvalue weighted by molar-refractivity contribution is -0.133. The lowest BCUT2D eigenvalue weighted by atomic mass is 10.1. The van der Waals surface area contributed by atoms with Crippen molar-refractivity contribution < 1.29 is 9.59 Å². The average Bonchev–Trinajstić information content (AvgIpc) is 2.75. The van der Waals surface area contributed by atoms with Crippen LogP contribution in [0.15, 0.2) is 54.6 Å². The van der Waals surface area contributed by atoms with Crippen molar-refractivity contribution in [2.24, 2.45) is 0 Å². The van der Waals surface area contributed by atoms with E-state index in [0.29, 0.717) is 30.6 Å². The summed E-state index contributed by atoms with van der Waals surface area (Å²) in [7, 11) is 0. The van der Waals surface area contributed by atoms with Crippen molar-refractivity contribution in [2.75, 3.05) is 26.2 Å². The number of carbonyl (C=O) groups excluding carboxylic acids is 2. The number of piperazine rings is 1. The molecule has 1 heterocycles. The zero-order valence-corrected chi connectivity index (χ0v) is 16.7. The molecule has 2 amide bonds. The molecular weight excluding hydrogens is 364 g/mol. The number of amides is 2. The van der Waals surface area contributed by atoms with Gasteiger partial charge in [0.1, 0.15) is 0 Å². The highest BCUT2D eigenvalue weighted by Gasteiger charge is 2.23. The monoisotopic (exact) mass is 390 g/mol. The summed E-state index contributed by atoms with van der Waals surface area (Å²) < 4.78 is 0. The number of carbonyl (C=O) groups is 2. The Kier molecular flexibility index (Phi) is 6.99. The first-order valence-electron chi connectivity index (χ1n) is 9.90. The van der Waals surface area contributed by atoms with Crippen LogP contribution >= 0.6 is 0 Å². The van der Waals surface area contributed by atoms with Gasteiger partial charge in [0.2, 0.25) is 5.91 Å². The van der Waals surface area contributed by atoms with Gasteiger partial charge in [-0.15, -0.1) is 0 Å². The molecule has 1 saturated heterocycles. The molecule has 3 rings (SSSR count). The summed E-state index contributed by atoms with van der Waals surface area (Å²) in [5, 5.41) is 11.8. The Hall–Kier alpha value is -3.17. The highest BCUT2D eigenvalue weighted by atomic mass is 16.2. The molecule has 150 valence electrons. The standard InChI is InChI=1S/C23H26N4O2/c1-18(25-23(29)21-5-3-2-4-6-21)15-22(28)27-13-11-26(12-14-27)17-20-9-7-19(16-24)8-10-20/h2-10,18H,11-15,17H2,1H3,(H,25,29). The first-order chi connectivity index (χ1) is 14.0. The predicted octanol–water partition coefficient (Wildman–Crippen LogP) is 2.41. The van der Waals surface area contributed by atoms with Gasteiger partial charge in [-0.25, -0.2) is 0 Å². The third kappa shape index (κ3) is 5.90. The fraction of sp³-hybridized carbons (Fsp3) is 0.348. The molecule has 1 fully saturated rings. The number of hydrogen-bond donors (Lipinski definition) is 1. The van der Waals surface area contributed by atoms with E-state index in [2.05, 4.69) is 16.3 Å². The minimum Gasteiger partial charge on any atom is -0.349 e. The van der Waals surface area contributed by atoms with Crippen molar-refractivity contribution >= 4 is 11.8 Å². The van der Waals surface area contributed by atoms with Gasteiger partial charge in [0.25, 0.3) is 5.91 Å². The molecule has 1 N–H and O–H groups in total. The zero-order chi connectivity index (χ0) is 20.6. The van der Waals surface area contributed by atoms with Crippen LogP contribution in [0.3, 0.4) is 0 Å². The predicted molar refractivity (Wildman–Crippen MR) is 111 cm³/mol. The number of hydrogen-bond acceptors (Lipinski definition) is 4. The molecule has 0 spiro atoms. The molecule has 2 aromatic rings. The lowest BCUT2D eigenvalue weighted by Gasteiger charge is -2.35. The summed E-state index contributed by atoms with van der Waals surface area (Å²) >= 11 is 0. The van der Waals surface area contributed by atoms with E-state index >= 15 is 0 Å². The van der Waals surface area contributed by atoms with Crippen LogP contribution in [0.25, 0.3) is 0 Å². The molecule has 1 aliphatic heterocycles. The van der Waals surface area contributed by atoms with Gasteiger partial charge in [0, 0.05) is 50.7 Å². The Bertz CT molecular complexity index is 866. The van der Waals surface area contributed by atoms with Gasteiger partial charge in [-0.3, -0.25) is 14.5 Å². The van der Waals surface area contributed by atoms with E-state index in [1.807, 2.05) is 54.3 Å². The van der Waals surface area contributed by atoms with Crippen LogP contribution in [0.5, 0.6) is 0 Å². The molecule has 0 aromatic heterocycles. The van der Waals surface area contributed by atoms with E-state index in [9.17, 15) is 9.59 Å². The second-order valence-electron chi connectivity index (χ2n) is 7.41. The van der Waals surface area contributed by atoms with E-state index in [1.54, 1.807) is 12.1 Å². The minimum atomic E-state index is -0.216. The molecule has 0 radical (unpaired) electrons. The van der Waals surface area contributed by atoms with Crippen LogP contribution in [-0.2, 0) is 11.3 Å². The Balaban J connectivity index is 1.42. The van der Waals surface area contributed by atoms with Crippen molar-refractivity contribution in [3.63, 3.8) is 0 Å². The molecule has 1 aliphatic rings. The van der Waals surface area contributed by atoms with Crippen molar-refractivity contribution in [3.8, 4) is 6.07 Å². The average molecular weight is 390 g/mol. The molecule has 29 heavy (non-hydrogen) atoms. The summed E-state index contributed by atoms with van der Waals surface area (Å²) in [5.74, 6) is -0.0815. The quantitative estimate of drug-likeness (QED) is 0.822. The first kappa shape index (κ1) is 20.6. The summed E-state index contributed by atoms with van der Waals surface area (Å²) in [4.78, 5) is 29.0. The maximum atomic E-state index is 12.6. The molecule has 6 nitrogen and oxygen atoms in total. The third-order valence-electron chi connectivity index (χ3n) is 5.11. The molecule has 1 unspecified atom stereocenters. The molecule has 0 aliphatic carbocycles. The van der Waals surface area contributed by atoms with Crippen LogP contribution in [0.2, 0.25) is 0 Å². The van der Waals surface area contributed by atoms with Crippen LogP contribution in [0.4, 0.5) is 0 Å². The summed E-state index contributed by atoms with van der Waals surface area (Å²) in [5.41, 5.74) is 2.43. The maximum Gasteiger partial charge on any atom is 0.251 e. The Morgan fingerprint density at radius 3 is 2.31 bits per heavy atom. The fourth-order valence-corrected chi connectivity index (χ4v) is 3.44. The molecule has 0 bridgehead atoms. The third-order valence-corrected chi connectivity index (χ3v) is 5.11. The van der Waals surface area contributed by atoms with Crippen LogP contribution in [0, 0.1) is 11.3 Å². The van der Waals surface area contributed by atoms with Gasteiger partial charge in [0.15, 0.2) is 0 Å². The van der Waals surface area contributed by atoms with Gasteiger partial charge < -0.3 is 10.2 Å². The van der Waals surface area contributed by atoms with E-state index in [1.165, 1.54) is 5.56 Å². The SMILES string of the molecule is CC(CC(=O)N1CCN(Cc2ccc(C#N)cc2)CC1)NC(=O)c1ccccc1. The number of nitrogens with one attached hydrogen (secondary N) is 1. The highest BCUT2D eigenvalue weighted by Crippen LogP contribution is 2.11. The molecule has 6 heteroatoms. The van der Waals surface area contributed by atoms with Crippen molar-refractivity contribution in [2.45, 2.75) is 25.9 Å². The second-order valence-corrected chi connectivity index (χ2v) is 7.41. The molecule has 2 aromatic carbocycles. The highest BCUT2D eigenvalue weighted by molar-refractivity contribution is 5.94. The van der Waals surface area contributed by atoms with Crippen LogP contribution in [0.1, 0.15) is 34.8 Å². The van der Waals surface area contributed by atoms with Gasteiger partial charge >= 0.3 is 0 Å². The lowest BCUT2D eigenvalue weighted by Crippen LogP contribution is -2.49. The Labute approximate surface area is 171 Å². The zero-order valence-electron chi connectivity index (χ0n) is 16.7. The number of nitrogens with zero attached hydrogens (tertiary/aromatic N) is 3. The summed E-state index contributed by atoms with van der Waals surface area (Å²) in [6, 6.07) is 18.6. The van der Waals surface area contributed by atoms with Crippen molar-refractivity contribution in [1.29, 1.82) is 5.26 Å².